The van der Waals surface area contributed by atoms with Gasteiger partial charge in [0.15, 0.2) is 0 Å². The number of carbonyl (C=O) groups is 2. The van der Waals surface area contributed by atoms with E-state index in [2.05, 4.69) is 0 Å². The molecule has 0 amide bonds. The van der Waals surface area contributed by atoms with Crippen LogP contribution >= 0.6 is 0 Å². The highest BCUT2D eigenvalue weighted by Crippen LogP contribution is 2.19. The first kappa shape index (κ1) is 16.1. The van der Waals surface area contributed by atoms with Crippen molar-refractivity contribution in [2.45, 2.75) is 18.7 Å². The van der Waals surface area contributed by atoms with Crippen molar-refractivity contribution in [2.24, 2.45) is 0 Å². The van der Waals surface area contributed by atoms with E-state index in [9.17, 15) is 18.0 Å². The van der Waals surface area contributed by atoms with Crippen LogP contribution in [0.1, 0.15) is 34.6 Å². The fourth-order valence-electron chi connectivity index (χ4n) is 1.46. The Labute approximate surface area is 116 Å². The van der Waals surface area contributed by atoms with E-state index in [0.717, 1.165) is 18.2 Å². The van der Waals surface area contributed by atoms with Crippen LogP contribution < -0.4 is 0 Å². The van der Waals surface area contributed by atoms with E-state index in [1.54, 1.807) is 13.8 Å². The monoisotopic (exact) mass is 302 g/mol. The lowest BCUT2D eigenvalue weighted by molar-refractivity contribution is 0.0520. The second-order valence-electron chi connectivity index (χ2n) is 3.63. The minimum Gasteiger partial charge on any atom is -0.462 e. The van der Waals surface area contributed by atoms with Gasteiger partial charge >= 0.3 is 11.9 Å². The highest BCUT2D eigenvalue weighted by Gasteiger charge is 2.23. The summed E-state index contributed by atoms with van der Waals surface area (Å²) < 4.78 is 40.9. The molecular weight excluding hydrogens is 288 g/mol. The predicted molar refractivity (Wildman–Crippen MR) is 68.2 cm³/mol. The van der Waals surface area contributed by atoms with Crippen LogP contribution in [0.15, 0.2) is 23.1 Å². The fourth-order valence-corrected chi connectivity index (χ4v) is 2.12. The molecule has 0 aliphatic heterocycles. The molecule has 0 atom stereocenters. The van der Waals surface area contributed by atoms with Crippen LogP contribution in [-0.4, -0.2) is 38.1 Å². The van der Waals surface area contributed by atoms with E-state index in [0.29, 0.717) is 0 Å². The zero-order valence-corrected chi connectivity index (χ0v) is 11.8. The van der Waals surface area contributed by atoms with E-state index in [1.807, 2.05) is 0 Å². The van der Waals surface area contributed by atoms with Crippen LogP contribution in [0.3, 0.4) is 0 Å². The van der Waals surface area contributed by atoms with Crippen molar-refractivity contribution in [1.29, 1.82) is 0 Å². The van der Waals surface area contributed by atoms with Crippen LogP contribution in [0.2, 0.25) is 0 Å². The van der Waals surface area contributed by atoms with Gasteiger partial charge in [-0.1, -0.05) is 0 Å². The summed E-state index contributed by atoms with van der Waals surface area (Å²) in [6.45, 7) is 3.30. The van der Waals surface area contributed by atoms with Gasteiger partial charge in [-0.05, 0) is 32.0 Å². The molecule has 0 aliphatic rings. The van der Waals surface area contributed by atoms with Gasteiger partial charge in [-0.2, -0.15) is 8.42 Å². The average Bonchev–Trinajstić information content (AvgIpc) is 2.37. The number of rotatable bonds is 5. The van der Waals surface area contributed by atoms with Gasteiger partial charge in [0.1, 0.15) is 4.90 Å². The molecule has 0 aromatic heterocycles. The van der Waals surface area contributed by atoms with Crippen molar-refractivity contribution >= 4 is 22.1 Å². The molecule has 0 saturated heterocycles. The molecule has 0 unspecified atom stereocenters. The van der Waals surface area contributed by atoms with Gasteiger partial charge in [0.25, 0.3) is 10.1 Å². The Kier molecular flexibility index (Phi) is 5.23. The van der Waals surface area contributed by atoms with Crippen LogP contribution in [-0.2, 0) is 19.6 Å². The fraction of sp³-hybridized carbons (Fsp3) is 0.333. The number of esters is 2. The largest absolute Gasteiger partial charge is 0.462 e. The summed E-state index contributed by atoms with van der Waals surface area (Å²) in [6.07, 6.45) is 0. The number of benzene rings is 1. The maximum absolute atomic E-state index is 11.7. The van der Waals surface area contributed by atoms with Gasteiger partial charge in [-0.3, -0.25) is 4.55 Å². The van der Waals surface area contributed by atoms with Crippen LogP contribution in [0, 0.1) is 0 Å². The quantitative estimate of drug-likeness (QED) is 0.645. The molecule has 110 valence electrons. The summed E-state index contributed by atoms with van der Waals surface area (Å²) in [7, 11) is -4.60. The standard InChI is InChI=1S/C12H14O7S/c1-3-18-11(13)8-5-6-10(20(15,16)17)9(7-8)12(14)19-4-2/h5-7H,3-4H2,1-2H3,(H,15,16,17). The average molecular weight is 302 g/mol. The van der Waals surface area contributed by atoms with Crippen molar-refractivity contribution in [3.8, 4) is 0 Å². The lowest BCUT2D eigenvalue weighted by Crippen LogP contribution is -2.14. The second-order valence-corrected chi connectivity index (χ2v) is 5.02. The summed E-state index contributed by atoms with van der Waals surface area (Å²) in [5.41, 5.74) is -0.429. The zero-order valence-electron chi connectivity index (χ0n) is 11.0. The van der Waals surface area contributed by atoms with Gasteiger partial charge in [-0.15, -0.1) is 0 Å². The lowest BCUT2D eigenvalue weighted by atomic mass is 10.1. The Balaban J connectivity index is 3.36. The molecular formula is C12H14O7S. The highest BCUT2D eigenvalue weighted by atomic mass is 32.2. The molecule has 0 aliphatic carbocycles. The van der Waals surface area contributed by atoms with Crippen LogP contribution in [0.4, 0.5) is 0 Å². The minimum absolute atomic E-state index is 0.0118. The van der Waals surface area contributed by atoms with Crippen LogP contribution in [0.25, 0.3) is 0 Å². The summed E-state index contributed by atoms with van der Waals surface area (Å²) >= 11 is 0. The Hall–Kier alpha value is -1.93. The van der Waals surface area contributed by atoms with Gasteiger partial charge < -0.3 is 9.47 Å². The first-order valence-electron chi connectivity index (χ1n) is 5.77. The number of ether oxygens (including phenoxy) is 2. The third kappa shape index (κ3) is 3.78. The molecule has 1 N–H and O–H groups in total. The van der Waals surface area contributed by atoms with E-state index < -0.39 is 32.5 Å². The number of hydrogen-bond donors (Lipinski definition) is 1. The molecule has 0 radical (unpaired) electrons. The first-order chi connectivity index (χ1) is 9.31. The van der Waals surface area contributed by atoms with Crippen LogP contribution in [0.5, 0.6) is 0 Å². The minimum atomic E-state index is -4.60. The predicted octanol–water partition coefficient (Wildman–Crippen LogP) is 1.29. The van der Waals surface area contributed by atoms with Crippen molar-refractivity contribution in [2.75, 3.05) is 13.2 Å². The Morgan fingerprint density at radius 2 is 1.65 bits per heavy atom. The second kappa shape index (κ2) is 6.49. The smallest absolute Gasteiger partial charge is 0.339 e. The Bertz CT molecular complexity index is 619. The molecule has 1 rings (SSSR count). The molecule has 1 aromatic rings. The Morgan fingerprint density at radius 1 is 1.10 bits per heavy atom. The summed E-state index contributed by atoms with van der Waals surface area (Å²) in [5.74, 6) is -1.66. The Morgan fingerprint density at radius 3 is 2.15 bits per heavy atom. The lowest BCUT2D eigenvalue weighted by Gasteiger charge is -2.08. The number of carbonyl (C=O) groups excluding carboxylic acids is 2. The molecule has 0 fully saturated rings. The number of hydrogen-bond acceptors (Lipinski definition) is 6. The molecule has 0 heterocycles. The van der Waals surface area contributed by atoms with Gasteiger partial charge in [0.2, 0.25) is 0 Å². The van der Waals surface area contributed by atoms with Crippen molar-refractivity contribution < 1.29 is 32.0 Å². The van der Waals surface area contributed by atoms with Gasteiger partial charge in [-0.25, -0.2) is 9.59 Å². The summed E-state index contributed by atoms with van der Waals surface area (Å²) in [5, 5.41) is 0. The van der Waals surface area contributed by atoms with E-state index in [4.69, 9.17) is 14.0 Å². The zero-order chi connectivity index (χ0) is 15.3. The highest BCUT2D eigenvalue weighted by molar-refractivity contribution is 7.86. The molecule has 1 aromatic carbocycles. The first-order valence-corrected chi connectivity index (χ1v) is 7.21. The molecule has 8 heteroatoms. The topological polar surface area (TPSA) is 107 Å². The van der Waals surface area contributed by atoms with E-state index in [-0.39, 0.29) is 18.8 Å². The summed E-state index contributed by atoms with van der Waals surface area (Å²) in [6, 6.07) is 3.11. The van der Waals surface area contributed by atoms with Crippen molar-refractivity contribution in [1.82, 2.24) is 0 Å². The van der Waals surface area contributed by atoms with E-state index >= 15 is 0 Å². The van der Waals surface area contributed by atoms with E-state index in [1.165, 1.54) is 0 Å². The molecule has 0 saturated carbocycles. The third-order valence-corrected chi connectivity index (χ3v) is 3.18. The van der Waals surface area contributed by atoms with Gasteiger partial charge in [0, 0.05) is 0 Å². The maximum atomic E-state index is 11.7. The van der Waals surface area contributed by atoms with Gasteiger partial charge in [0.05, 0.1) is 24.3 Å². The molecule has 20 heavy (non-hydrogen) atoms. The maximum Gasteiger partial charge on any atom is 0.339 e. The molecule has 7 nitrogen and oxygen atoms in total. The molecule has 0 spiro atoms. The van der Waals surface area contributed by atoms with Crippen molar-refractivity contribution in [3.05, 3.63) is 29.3 Å². The third-order valence-electron chi connectivity index (χ3n) is 2.26. The SMILES string of the molecule is CCOC(=O)c1ccc(S(=O)(=O)O)c(C(=O)OCC)c1. The normalized spacial score (nSPS) is 10.9. The summed E-state index contributed by atoms with van der Waals surface area (Å²) in [4.78, 5) is 22.6. The van der Waals surface area contributed by atoms with Crippen molar-refractivity contribution in [3.63, 3.8) is 0 Å². The molecule has 0 bridgehead atoms.